The lowest BCUT2D eigenvalue weighted by molar-refractivity contribution is -0.122. The molecule has 102 valence electrons. The van der Waals surface area contributed by atoms with E-state index in [2.05, 4.69) is 5.32 Å². The zero-order valence-corrected chi connectivity index (χ0v) is 10.5. The van der Waals surface area contributed by atoms with Gasteiger partial charge in [0, 0.05) is 6.42 Å². The first-order chi connectivity index (χ1) is 8.99. The number of rotatable bonds is 2. The van der Waals surface area contributed by atoms with Crippen molar-refractivity contribution in [3.63, 3.8) is 0 Å². The summed E-state index contributed by atoms with van der Waals surface area (Å²) in [5.74, 6) is -0.960. The van der Waals surface area contributed by atoms with Gasteiger partial charge < -0.3 is 15.8 Å². The Balaban J connectivity index is 2.25. The SMILES string of the molecule is CC(N)C(=O)NC1CCOc2ccc(F)cc2C1=O. The Hall–Kier alpha value is -1.95. The molecule has 1 aliphatic heterocycles. The lowest BCUT2D eigenvalue weighted by atomic mass is 10.0. The third-order valence-electron chi connectivity index (χ3n) is 2.92. The van der Waals surface area contributed by atoms with Gasteiger partial charge >= 0.3 is 0 Å². The number of carbonyl (C=O) groups excluding carboxylic acids is 2. The number of hydrogen-bond acceptors (Lipinski definition) is 4. The van der Waals surface area contributed by atoms with E-state index in [-0.39, 0.29) is 18.0 Å². The minimum absolute atomic E-state index is 0.146. The lowest BCUT2D eigenvalue weighted by Crippen LogP contribution is -2.47. The first-order valence-corrected chi connectivity index (χ1v) is 6.01. The first kappa shape index (κ1) is 13.5. The summed E-state index contributed by atoms with van der Waals surface area (Å²) in [5.41, 5.74) is 5.59. The summed E-state index contributed by atoms with van der Waals surface area (Å²) in [4.78, 5) is 23.8. The van der Waals surface area contributed by atoms with E-state index >= 15 is 0 Å². The van der Waals surface area contributed by atoms with Crippen molar-refractivity contribution in [2.24, 2.45) is 5.73 Å². The van der Waals surface area contributed by atoms with E-state index in [9.17, 15) is 14.0 Å². The van der Waals surface area contributed by atoms with Crippen LogP contribution in [-0.4, -0.2) is 30.4 Å². The molecule has 2 unspecified atom stereocenters. The number of ether oxygens (including phenoxy) is 1. The van der Waals surface area contributed by atoms with E-state index in [1.54, 1.807) is 0 Å². The smallest absolute Gasteiger partial charge is 0.237 e. The van der Waals surface area contributed by atoms with Crippen LogP contribution in [0.5, 0.6) is 5.75 Å². The van der Waals surface area contributed by atoms with Gasteiger partial charge in [0.2, 0.25) is 5.91 Å². The van der Waals surface area contributed by atoms with Gasteiger partial charge in [-0.2, -0.15) is 0 Å². The number of hydrogen-bond donors (Lipinski definition) is 2. The Kier molecular flexibility index (Phi) is 3.80. The number of amides is 1. The molecule has 3 N–H and O–H groups in total. The van der Waals surface area contributed by atoms with Gasteiger partial charge in [-0.3, -0.25) is 9.59 Å². The van der Waals surface area contributed by atoms with Crippen molar-refractivity contribution in [1.82, 2.24) is 5.32 Å². The molecule has 0 radical (unpaired) electrons. The molecular weight excluding hydrogens is 251 g/mol. The van der Waals surface area contributed by atoms with E-state index < -0.39 is 23.8 Å². The minimum atomic E-state index is -0.735. The summed E-state index contributed by atoms with van der Waals surface area (Å²) in [6, 6.07) is 2.32. The fraction of sp³-hybridized carbons (Fsp3) is 0.385. The summed E-state index contributed by atoms with van der Waals surface area (Å²) in [7, 11) is 0. The van der Waals surface area contributed by atoms with Crippen molar-refractivity contribution in [2.45, 2.75) is 25.4 Å². The maximum absolute atomic E-state index is 13.2. The van der Waals surface area contributed by atoms with Gasteiger partial charge in [-0.25, -0.2) is 4.39 Å². The molecule has 2 atom stereocenters. The first-order valence-electron chi connectivity index (χ1n) is 6.01. The highest BCUT2D eigenvalue weighted by Crippen LogP contribution is 2.25. The second kappa shape index (κ2) is 5.36. The molecule has 0 saturated heterocycles. The summed E-state index contributed by atoms with van der Waals surface area (Å²) in [6.07, 6.45) is 0.327. The normalized spacial score (nSPS) is 19.9. The fourth-order valence-corrected chi connectivity index (χ4v) is 1.87. The average molecular weight is 266 g/mol. The van der Waals surface area contributed by atoms with Crippen molar-refractivity contribution in [2.75, 3.05) is 6.61 Å². The molecule has 0 aromatic heterocycles. The fourth-order valence-electron chi connectivity index (χ4n) is 1.87. The van der Waals surface area contributed by atoms with Gasteiger partial charge in [0.25, 0.3) is 0 Å². The van der Waals surface area contributed by atoms with Gasteiger partial charge in [-0.05, 0) is 25.1 Å². The largest absolute Gasteiger partial charge is 0.493 e. The second-order valence-corrected chi connectivity index (χ2v) is 4.49. The van der Waals surface area contributed by atoms with Crippen LogP contribution in [-0.2, 0) is 4.79 Å². The minimum Gasteiger partial charge on any atom is -0.493 e. The highest BCUT2D eigenvalue weighted by molar-refractivity contribution is 6.04. The molecular formula is C13H15FN2O3. The molecule has 1 amide bonds. The summed E-state index contributed by atoms with van der Waals surface area (Å²) >= 11 is 0. The zero-order chi connectivity index (χ0) is 14.0. The molecule has 0 bridgehead atoms. The topological polar surface area (TPSA) is 81.4 Å². The molecule has 0 saturated carbocycles. The Morgan fingerprint density at radius 3 is 3.00 bits per heavy atom. The van der Waals surface area contributed by atoms with Gasteiger partial charge in [0.1, 0.15) is 11.6 Å². The molecule has 19 heavy (non-hydrogen) atoms. The number of nitrogens with two attached hydrogens (primary N) is 1. The molecule has 0 aliphatic carbocycles. The summed E-state index contributed by atoms with van der Waals surface area (Å²) in [6.45, 7) is 1.80. The highest BCUT2D eigenvalue weighted by Gasteiger charge is 2.28. The standard InChI is InChI=1S/C13H15FN2O3/c1-7(15)13(18)16-10-4-5-19-11-3-2-8(14)6-9(11)12(10)17/h2-3,6-7,10H,4-5,15H2,1H3,(H,16,18). The Morgan fingerprint density at radius 1 is 1.58 bits per heavy atom. The van der Waals surface area contributed by atoms with Crippen molar-refractivity contribution in [3.05, 3.63) is 29.6 Å². The van der Waals surface area contributed by atoms with Crippen LogP contribution in [0, 0.1) is 5.82 Å². The van der Waals surface area contributed by atoms with Crippen LogP contribution < -0.4 is 15.8 Å². The molecule has 1 aliphatic rings. The highest BCUT2D eigenvalue weighted by atomic mass is 19.1. The Bertz CT molecular complexity index is 517. The molecule has 1 heterocycles. The Morgan fingerprint density at radius 2 is 2.32 bits per heavy atom. The van der Waals surface area contributed by atoms with Crippen LogP contribution >= 0.6 is 0 Å². The zero-order valence-electron chi connectivity index (χ0n) is 10.5. The van der Waals surface area contributed by atoms with Crippen LogP contribution in [0.4, 0.5) is 4.39 Å². The number of halogens is 1. The van der Waals surface area contributed by atoms with E-state index in [1.807, 2.05) is 0 Å². The van der Waals surface area contributed by atoms with Crippen molar-refractivity contribution in [1.29, 1.82) is 0 Å². The third-order valence-corrected chi connectivity index (χ3v) is 2.92. The predicted octanol–water partition coefficient (Wildman–Crippen LogP) is 0.623. The number of nitrogens with one attached hydrogen (secondary N) is 1. The van der Waals surface area contributed by atoms with E-state index in [4.69, 9.17) is 10.5 Å². The number of Topliss-reactive ketones (excluding diaryl/α,β-unsaturated/α-hetero) is 1. The molecule has 1 aromatic rings. The number of fused-ring (bicyclic) bond motifs is 1. The van der Waals surface area contributed by atoms with E-state index in [0.717, 1.165) is 6.07 Å². The summed E-state index contributed by atoms with van der Waals surface area (Å²) < 4.78 is 18.6. The maximum atomic E-state index is 13.2. The molecule has 6 heteroatoms. The van der Waals surface area contributed by atoms with Gasteiger partial charge in [0.15, 0.2) is 5.78 Å². The molecule has 0 fully saturated rings. The van der Waals surface area contributed by atoms with Gasteiger partial charge in [-0.15, -0.1) is 0 Å². The molecule has 5 nitrogen and oxygen atoms in total. The number of ketones is 1. The van der Waals surface area contributed by atoms with Crippen molar-refractivity contribution in [3.8, 4) is 5.75 Å². The molecule has 2 rings (SSSR count). The second-order valence-electron chi connectivity index (χ2n) is 4.49. The van der Waals surface area contributed by atoms with Crippen molar-refractivity contribution < 1.29 is 18.7 Å². The van der Waals surface area contributed by atoms with Crippen LogP contribution in [0.3, 0.4) is 0 Å². The third kappa shape index (κ3) is 2.90. The van der Waals surface area contributed by atoms with E-state index in [0.29, 0.717) is 12.2 Å². The monoisotopic (exact) mass is 266 g/mol. The van der Waals surface area contributed by atoms with Gasteiger partial charge in [0.05, 0.1) is 24.3 Å². The van der Waals surface area contributed by atoms with Gasteiger partial charge in [-0.1, -0.05) is 0 Å². The number of benzene rings is 1. The predicted molar refractivity (Wildman–Crippen MR) is 66.4 cm³/mol. The van der Waals surface area contributed by atoms with Crippen LogP contribution in [0.2, 0.25) is 0 Å². The maximum Gasteiger partial charge on any atom is 0.237 e. The van der Waals surface area contributed by atoms with Crippen molar-refractivity contribution >= 4 is 11.7 Å². The van der Waals surface area contributed by atoms with Crippen LogP contribution in [0.1, 0.15) is 23.7 Å². The Labute approximate surface area is 109 Å². The lowest BCUT2D eigenvalue weighted by Gasteiger charge is -2.16. The van der Waals surface area contributed by atoms with E-state index in [1.165, 1.54) is 19.1 Å². The summed E-state index contributed by atoms with van der Waals surface area (Å²) in [5, 5.41) is 2.55. The van der Waals surface area contributed by atoms with Crippen LogP contribution in [0.25, 0.3) is 0 Å². The number of carbonyl (C=O) groups is 2. The average Bonchev–Trinajstić information content (AvgIpc) is 2.51. The molecule has 0 spiro atoms. The quantitative estimate of drug-likeness (QED) is 0.822. The molecule has 1 aromatic carbocycles. The van der Waals surface area contributed by atoms with Crippen LogP contribution in [0.15, 0.2) is 18.2 Å².